The first-order chi connectivity index (χ1) is 11.7. The van der Waals surface area contributed by atoms with E-state index in [0.717, 1.165) is 37.4 Å². The second kappa shape index (κ2) is 8.06. The number of carbonyl (C=O) groups is 1. The predicted octanol–water partition coefficient (Wildman–Crippen LogP) is 4.03. The molecule has 1 amide bonds. The number of carbonyl (C=O) groups excluding carboxylic acids is 1. The fraction of sp³-hybridized carbons (Fsp3) is 0.316. The van der Waals surface area contributed by atoms with Gasteiger partial charge in [-0.25, -0.2) is 0 Å². The van der Waals surface area contributed by atoms with Crippen molar-refractivity contribution in [1.82, 2.24) is 4.90 Å². The maximum atomic E-state index is 12.3. The first kappa shape index (κ1) is 16.7. The molecule has 2 aromatic rings. The Morgan fingerprint density at radius 1 is 0.958 bits per heavy atom. The number of likely N-dealkylation sites (tertiary alicyclic amines) is 1. The van der Waals surface area contributed by atoms with Crippen LogP contribution in [0.4, 0.5) is 0 Å². The van der Waals surface area contributed by atoms with Crippen molar-refractivity contribution < 1.29 is 14.3 Å². The first-order valence-electron chi connectivity index (χ1n) is 8.13. The van der Waals surface area contributed by atoms with E-state index in [1.807, 2.05) is 41.3 Å². The van der Waals surface area contributed by atoms with Crippen LogP contribution >= 0.6 is 11.6 Å². The Bertz CT molecular complexity index is 681. The zero-order chi connectivity index (χ0) is 16.8. The van der Waals surface area contributed by atoms with E-state index in [1.165, 1.54) is 0 Å². The lowest BCUT2D eigenvalue weighted by Crippen LogP contribution is -2.27. The summed E-state index contributed by atoms with van der Waals surface area (Å²) in [5.41, 5.74) is 0.708. The fourth-order valence-electron chi connectivity index (χ4n) is 2.67. The number of benzene rings is 2. The number of hydrogen-bond donors (Lipinski definition) is 0. The Morgan fingerprint density at radius 2 is 1.62 bits per heavy atom. The number of ether oxygens (including phenoxy) is 2. The van der Waals surface area contributed by atoms with E-state index < -0.39 is 0 Å². The van der Waals surface area contributed by atoms with E-state index in [4.69, 9.17) is 21.1 Å². The standard InChI is InChI=1S/C19H20ClNO3/c20-16-4-3-5-18(14-16)24-13-12-23-17-8-6-15(7-9-17)19(22)21-10-1-2-11-21/h3-9,14H,1-2,10-13H2. The smallest absolute Gasteiger partial charge is 0.253 e. The summed E-state index contributed by atoms with van der Waals surface area (Å²) in [7, 11) is 0. The fourth-order valence-corrected chi connectivity index (χ4v) is 2.85. The van der Waals surface area contributed by atoms with Crippen LogP contribution in [0.5, 0.6) is 11.5 Å². The summed E-state index contributed by atoms with van der Waals surface area (Å²) in [6, 6.07) is 14.5. The van der Waals surface area contributed by atoms with Crippen LogP contribution in [0.25, 0.3) is 0 Å². The quantitative estimate of drug-likeness (QED) is 0.742. The van der Waals surface area contributed by atoms with Gasteiger partial charge in [-0.05, 0) is 55.3 Å². The molecule has 0 radical (unpaired) electrons. The molecule has 0 bridgehead atoms. The Morgan fingerprint density at radius 3 is 2.29 bits per heavy atom. The molecule has 0 N–H and O–H groups in total. The van der Waals surface area contributed by atoms with Gasteiger partial charge in [-0.1, -0.05) is 17.7 Å². The Kier molecular flexibility index (Phi) is 5.59. The average molecular weight is 346 g/mol. The Hall–Kier alpha value is -2.20. The number of nitrogens with zero attached hydrogens (tertiary/aromatic N) is 1. The second-order valence-corrected chi connectivity index (χ2v) is 6.11. The van der Waals surface area contributed by atoms with Crippen molar-refractivity contribution in [2.24, 2.45) is 0 Å². The number of halogens is 1. The summed E-state index contributed by atoms with van der Waals surface area (Å²) in [5.74, 6) is 1.55. The van der Waals surface area contributed by atoms with Gasteiger partial charge >= 0.3 is 0 Å². The maximum Gasteiger partial charge on any atom is 0.253 e. The van der Waals surface area contributed by atoms with E-state index in [2.05, 4.69) is 0 Å². The van der Waals surface area contributed by atoms with Gasteiger partial charge in [-0.3, -0.25) is 4.79 Å². The molecule has 1 fully saturated rings. The molecule has 0 saturated carbocycles. The SMILES string of the molecule is O=C(c1ccc(OCCOc2cccc(Cl)c2)cc1)N1CCCC1. The Labute approximate surface area is 146 Å². The maximum absolute atomic E-state index is 12.3. The van der Waals surface area contributed by atoms with E-state index in [0.29, 0.717) is 23.8 Å². The van der Waals surface area contributed by atoms with Crippen molar-refractivity contribution >= 4 is 17.5 Å². The van der Waals surface area contributed by atoms with Crippen molar-refractivity contribution in [3.05, 3.63) is 59.1 Å². The van der Waals surface area contributed by atoms with E-state index >= 15 is 0 Å². The zero-order valence-corrected chi connectivity index (χ0v) is 14.2. The van der Waals surface area contributed by atoms with Crippen LogP contribution in [-0.2, 0) is 0 Å². The highest BCUT2D eigenvalue weighted by Crippen LogP contribution is 2.18. The molecule has 4 nitrogen and oxygen atoms in total. The molecule has 0 aliphatic carbocycles. The number of hydrogen-bond acceptors (Lipinski definition) is 3. The minimum atomic E-state index is 0.100. The first-order valence-corrected chi connectivity index (χ1v) is 8.51. The van der Waals surface area contributed by atoms with E-state index in [9.17, 15) is 4.79 Å². The monoisotopic (exact) mass is 345 g/mol. The highest BCUT2D eigenvalue weighted by molar-refractivity contribution is 6.30. The minimum absolute atomic E-state index is 0.100. The summed E-state index contributed by atoms with van der Waals surface area (Å²) in [6.07, 6.45) is 2.19. The van der Waals surface area contributed by atoms with Crippen LogP contribution in [0.15, 0.2) is 48.5 Å². The predicted molar refractivity (Wildman–Crippen MR) is 94.0 cm³/mol. The number of rotatable bonds is 6. The molecule has 0 atom stereocenters. The van der Waals surface area contributed by atoms with Gasteiger partial charge in [0.25, 0.3) is 5.91 Å². The topological polar surface area (TPSA) is 38.8 Å². The van der Waals surface area contributed by atoms with Crippen molar-refractivity contribution in [2.45, 2.75) is 12.8 Å². The molecule has 24 heavy (non-hydrogen) atoms. The minimum Gasteiger partial charge on any atom is -0.490 e. The van der Waals surface area contributed by atoms with Gasteiger partial charge in [0, 0.05) is 23.7 Å². The largest absolute Gasteiger partial charge is 0.490 e. The highest BCUT2D eigenvalue weighted by Gasteiger charge is 2.19. The Balaban J connectivity index is 1.45. The summed E-state index contributed by atoms with van der Waals surface area (Å²) in [6.45, 7) is 2.57. The van der Waals surface area contributed by atoms with Gasteiger partial charge < -0.3 is 14.4 Å². The van der Waals surface area contributed by atoms with Gasteiger partial charge in [0.05, 0.1) is 0 Å². The zero-order valence-electron chi connectivity index (χ0n) is 13.4. The van der Waals surface area contributed by atoms with E-state index in [-0.39, 0.29) is 5.91 Å². The molecule has 2 aromatic carbocycles. The van der Waals surface area contributed by atoms with Crippen molar-refractivity contribution in [2.75, 3.05) is 26.3 Å². The molecular weight excluding hydrogens is 326 g/mol. The molecule has 5 heteroatoms. The van der Waals surface area contributed by atoms with Gasteiger partial charge in [-0.2, -0.15) is 0 Å². The lowest BCUT2D eigenvalue weighted by atomic mass is 10.2. The molecule has 0 aromatic heterocycles. The molecule has 0 unspecified atom stereocenters. The third kappa shape index (κ3) is 4.42. The van der Waals surface area contributed by atoms with Gasteiger partial charge in [-0.15, -0.1) is 0 Å². The van der Waals surface area contributed by atoms with Crippen molar-refractivity contribution in [3.63, 3.8) is 0 Å². The summed E-state index contributed by atoms with van der Waals surface area (Å²) in [5, 5.41) is 0.645. The molecule has 1 aliphatic heterocycles. The third-order valence-electron chi connectivity index (χ3n) is 3.91. The van der Waals surface area contributed by atoms with Crippen LogP contribution in [0.2, 0.25) is 5.02 Å². The lowest BCUT2D eigenvalue weighted by Gasteiger charge is -2.15. The normalized spacial score (nSPS) is 13.8. The summed E-state index contributed by atoms with van der Waals surface area (Å²) in [4.78, 5) is 14.2. The summed E-state index contributed by atoms with van der Waals surface area (Å²) < 4.78 is 11.2. The van der Waals surface area contributed by atoms with Crippen LogP contribution in [-0.4, -0.2) is 37.1 Å². The molecule has 126 valence electrons. The molecular formula is C19H20ClNO3. The molecule has 1 heterocycles. The van der Waals surface area contributed by atoms with Crippen molar-refractivity contribution in [3.8, 4) is 11.5 Å². The van der Waals surface area contributed by atoms with Crippen LogP contribution in [0, 0.1) is 0 Å². The van der Waals surface area contributed by atoms with E-state index in [1.54, 1.807) is 12.1 Å². The third-order valence-corrected chi connectivity index (χ3v) is 4.15. The molecule has 1 saturated heterocycles. The van der Waals surface area contributed by atoms with Crippen LogP contribution in [0.3, 0.4) is 0 Å². The van der Waals surface area contributed by atoms with Gasteiger partial charge in [0.1, 0.15) is 24.7 Å². The molecule has 1 aliphatic rings. The highest BCUT2D eigenvalue weighted by atomic mass is 35.5. The lowest BCUT2D eigenvalue weighted by molar-refractivity contribution is 0.0793. The van der Waals surface area contributed by atoms with Gasteiger partial charge in [0.2, 0.25) is 0 Å². The average Bonchev–Trinajstić information content (AvgIpc) is 3.13. The number of amides is 1. The second-order valence-electron chi connectivity index (χ2n) is 5.68. The van der Waals surface area contributed by atoms with Crippen LogP contribution < -0.4 is 9.47 Å². The molecule has 0 spiro atoms. The van der Waals surface area contributed by atoms with Gasteiger partial charge in [0.15, 0.2) is 0 Å². The van der Waals surface area contributed by atoms with Crippen molar-refractivity contribution in [1.29, 1.82) is 0 Å². The summed E-state index contributed by atoms with van der Waals surface area (Å²) >= 11 is 5.90. The van der Waals surface area contributed by atoms with Crippen LogP contribution in [0.1, 0.15) is 23.2 Å². The molecule has 3 rings (SSSR count).